The highest BCUT2D eigenvalue weighted by Gasteiger charge is 2.30. The molecule has 5 rings (SSSR count). The highest BCUT2D eigenvalue weighted by molar-refractivity contribution is 7.19. The van der Waals surface area contributed by atoms with E-state index in [9.17, 15) is 0 Å². The van der Waals surface area contributed by atoms with Crippen molar-refractivity contribution < 1.29 is 0 Å². The van der Waals surface area contributed by atoms with E-state index in [1.807, 2.05) is 18.4 Å². The quantitative estimate of drug-likeness (QED) is 0.737. The van der Waals surface area contributed by atoms with Crippen molar-refractivity contribution in [2.75, 3.05) is 10.6 Å². The fourth-order valence-electron chi connectivity index (χ4n) is 4.01. The van der Waals surface area contributed by atoms with Crippen molar-refractivity contribution in [2.45, 2.75) is 39.3 Å². The topological polar surface area (TPSA) is 72.9 Å². The van der Waals surface area contributed by atoms with Gasteiger partial charge < -0.3 is 10.6 Å². The number of rotatable bonds is 1. The van der Waals surface area contributed by atoms with Crippen LogP contribution in [0.4, 0.5) is 11.6 Å². The second kappa shape index (κ2) is 4.92. The van der Waals surface area contributed by atoms with Crippen LogP contribution in [-0.4, -0.2) is 19.7 Å². The molecule has 1 atom stereocenters. The van der Waals surface area contributed by atoms with E-state index in [0.717, 1.165) is 53.2 Å². The van der Waals surface area contributed by atoms with Crippen LogP contribution in [0.3, 0.4) is 0 Å². The number of nitrogen functional groups attached to an aromatic ring is 1. The van der Waals surface area contributed by atoms with Crippen LogP contribution < -0.4 is 10.6 Å². The molecule has 0 fully saturated rings. The highest BCUT2D eigenvalue weighted by Crippen LogP contribution is 2.42. The van der Waals surface area contributed by atoms with Crippen LogP contribution in [0, 0.1) is 5.92 Å². The van der Waals surface area contributed by atoms with Crippen molar-refractivity contribution in [3.63, 3.8) is 0 Å². The van der Waals surface area contributed by atoms with Gasteiger partial charge in [-0.1, -0.05) is 6.92 Å². The minimum Gasteiger partial charge on any atom is -0.384 e. The monoisotopic (exact) mass is 340 g/mol. The number of fused-ring (bicyclic) bond motifs is 4. The Balaban J connectivity index is 1.61. The third-order valence-corrected chi connectivity index (χ3v) is 6.50. The molecule has 7 heteroatoms. The minimum absolute atomic E-state index is 0.763. The first-order chi connectivity index (χ1) is 11.6. The Morgan fingerprint density at radius 1 is 1.25 bits per heavy atom. The van der Waals surface area contributed by atoms with Gasteiger partial charge in [0.1, 0.15) is 22.8 Å². The molecule has 1 aliphatic heterocycles. The number of hydrogen-bond donors (Lipinski definition) is 1. The molecule has 0 aromatic carbocycles. The summed E-state index contributed by atoms with van der Waals surface area (Å²) in [5.74, 6) is 2.58. The van der Waals surface area contributed by atoms with Gasteiger partial charge in [0.05, 0.1) is 24.2 Å². The lowest BCUT2D eigenvalue weighted by molar-refractivity contribution is 0.509. The molecule has 2 N–H and O–H groups in total. The molecular formula is C17H20N6S. The lowest BCUT2D eigenvalue weighted by Gasteiger charge is -2.21. The Bertz CT molecular complexity index is 956. The zero-order valence-electron chi connectivity index (χ0n) is 13.9. The molecule has 2 aliphatic rings. The smallest absolute Gasteiger partial charge is 0.141 e. The Morgan fingerprint density at radius 2 is 2.12 bits per heavy atom. The normalized spacial score (nSPS) is 19.8. The van der Waals surface area contributed by atoms with Gasteiger partial charge in [0.2, 0.25) is 0 Å². The summed E-state index contributed by atoms with van der Waals surface area (Å²) in [6.07, 6.45) is 5.26. The molecular weight excluding hydrogens is 320 g/mol. The van der Waals surface area contributed by atoms with E-state index >= 15 is 0 Å². The molecule has 3 aromatic rings. The van der Waals surface area contributed by atoms with E-state index in [1.54, 1.807) is 11.0 Å². The van der Waals surface area contributed by atoms with Crippen LogP contribution in [0.25, 0.3) is 10.2 Å². The molecule has 0 saturated heterocycles. The molecule has 6 nitrogen and oxygen atoms in total. The summed E-state index contributed by atoms with van der Waals surface area (Å²) in [7, 11) is 1.90. The average Bonchev–Trinajstić information content (AvgIpc) is 3.20. The molecule has 1 unspecified atom stereocenters. The Hall–Kier alpha value is -2.15. The number of aryl methyl sites for hydroxylation is 2. The summed E-state index contributed by atoms with van der Waals surface area (Å²) in [6, 6.07) is 0. The second-order valence-electron chi connectivity index (χ2n) is 7.02. The number of nitrogens with two attached hydrogens (primary N) is 1. The number of hydrogen-bond acceptors (Lipinski definition) is 6. The first-order valence-corrected chi connectivity index (χ1v) is 9.24. The maximum Gasteiger partial charge on any atom is 0.141 e. The maximum atomic E-state index is 6.16. The minimum atomic E-state index is 0.763. The molecule has 24 heavy (non-hydrogen) atoms. The van der Waals surface area contributed by atoms with Gasteiger partial charge in [-0.05, 0) is 30.7 Å². The van der Waals surface area contributed by atoms with Gasteiger partial charge in [-0.15, -0.1) is 11.3 Å². The van der Waals surface area contributed by atoms with E-state index < -0.39 is 0 Å². The van der Waals surface area contributed by atoms with Crippen LogP contribution in [0.1, 0.15) is 35.0 Å². The molecule has 1 aliphatic carbocycles. The van der Waals surface area contributed by atoms with E-state index in [2.05, 4.69) is 26.9 Å². The predicted octanol–water partition coefficient (Wildman–Crippen LogP) is 2.65. The highest BCUT2D eigenvalue weighted by atomic mass is 32.1. The summed E-state index contributed by atoms with van der Waals surface area (Å²) in [5.41, 5.74) is 9.84. The van der Waals surface area contributed by atoms with Crippen LogP contribution >= 0.6 is 11.3 Å². The van der Waals surface area contributed by atoms with Gasteiger partial charge >= 0.3 is 0 Å². The fraction of sp³-hybridized carbons (Fsp3) is 0.471. The fourth-order valence-corrected chi connectivity index (χ4v) is 5.36. The summed E-state index contributed by atoms with van der Waals surface area (Å²) < 4.78 is 1.77. The number of thiophene rings is 1. The molecule has 0 amide bonds. The van der Waals surface area contributed by atoms with Crippen molar-refractivity contribution >= 4 is 33.2 Å². The van der Waals surface area contributed by atoms with Crippen molar-refractivity contribution in [3.8, 4) is 0 Å². The summed E-state index contributed by atoms with van der Waals surface area (Å²) in [5, 5.41) is 5.80. The molecule has 0 saturated carbocycles. The van der Waals surface area contributed by atoms with E-state index in [0.29, 0.717) is 0 Å². The third-order valence-electron chi connectivity index (χ3n) is 5.34. The first-order valence-electron chi connectivity index (χ1n) is 8.42. The van der Waals surface area contributed by atoms with Gasteiger partial charge in [0.25, 0.3) is 0 Å². The lowest BCUT2D eigenvalue weighted by atomic mass is 9.89. The largest absolute Gasteiger partial charge is 0.384 e. The van der Waals surface area contributed by atoms with Crippen LogP contribution in [0.15, 0.2) is 6.33 Å². The molecule has 3 aromatic heterocycles. The summed E-state index contributed by atoms with van der Waals surface area (Å²) in [4.78, 5) is 14.1. The van der Waals surface area contributed by atoms with Gasteiger partial charge in [-0.3, -0.25) is 4.68 Å². The number of anilines is 2. The first kappa shape index (κ1) is 14.2. The number of nitrogens with zero attached hydrogens (tertiary/aromatic N) is 5. The zero-order chi connectivity index (χ0) is 16.4. The van der Waals surface area contributed by atoms with E-state index in [4.69, 9.17) is 5.73 Å². The molecule has 0 bridgehead atoms. The van der Waals surface area contributed by atoms with Crippen molar-refractivity contribution in [2.24, 2.45) is 13.0 Å². The zero-order valence-corrected chi connectivity index (χ0v) is 14.7. The second-order valence-corrected chi connectivity index (χ2v) is 8.10. The molecule has 0 radical (unpaired) electrons. The van der Waals surface area contributed by atoms with E-state index in [1.165, 1.54) is 28.7 Å². The lowest BCUT2D eigenvalue weighted by Crippen LogP contribution is -2.19. The summed E-state index contributed by atoms with van der Waals surface area (Å²) >= 11 is 1.85. The van der Waals surface area contributed by atoms with Gasteiger partial charge in [0.15, 0.2) is 0 Å². The standard InChI is InChI=1S/C17H20N6S/c1-9-3-4-10-13(5-9)24-17-14(10)16(19-8-20-17)23-6-11-12(7-23)21-22(2)15(11)18/h8-9H,3-7,18H2,1-2H3. The average molecular weight is 340 g/mol. The molecule has 4 heterocycles. The van der Waals surface area contributed by atoms with Crippen molar-refractivity contribution in [1.29, 1.82) is 0 Å². The number of aromatic nitrogens is 4. The molecule has 124 valence electrons. The van der Waals surface area contributed by atoms with Crippen molar-refractivity contribution in [1.82, 2.24) is 19.7 Å². The van der Waals surface area contributed by atoms with Crippen LogP contribution in [0.2, 0.25) is 0 Å². The molecule has 0 spiro atoms. The predicted molar refractivity (Wildman–Crippen MR) is 96.1 cm³/mol. The Kier molecular flexibility index (Phi) is 2.92. The maximum absolute atomic E-state index is 6.16. The van der Waals surface area contributed by atoms with Crippen LogP contribution in [-0.2, 0) is 33.0 Å². The Morgan fingerprint density at radius 3 is 2.96 bits per heavy atom. The Labute approximate surface area is 144 Å². The third kappa shape index (κ3) is 1.90. The van der Waals surface area contributed by atoms with Gasteiger partial charge in [-0.25, -0.2) is 9.97 Å². The van der Waals surface area contributed by atoms with Gasteiger partial charge in [0, 0.05) is 17.5 Å². The SMILES string of the molecule is CC1CCc2c(sc3ncnc(N4Cc5nn(C)c(N)c5C4)c23)C1. The van der Waals surface area contributed by atoms with Gasteiger partial charge in [-0.2, -0.15) is 5.10 Å². The summed E-state index contributed by atoms with van der Waals surface area (Å²) in [6.45, 7) is 3.89. The van der Waals surface area contributed by atoms with Crippen LogP contribution in [0.5, 0.6) is 0 Å². The van der Waals surface area contributed by atoms with E-state index in [-0.39, 0.29) is 0 Å². The van der Waals surface area contributed by atoms with Crippen molar-refractivity contribution in [3.05, 3.63) is 28.0 Å².